The van der Waals surface area contributed by atoms with Crippen LogP contribution in [0.4, 0.5) is 0 Å². The first-order valence-corrected chi connectivity index (χ1v) is 3.40. The van der Waals surface area contributed by atoms with E-state index in [1.807, 2.05) is 0 Å². The molecule has 0 amide bonds. The van der Waals surface area contributed by atoms with E-state index >= 15 is 0 Å². The van der Waals surface area contributed by atoms with Crippen LogP contribution in [0.2, 0.25) is 0 Å². The molecule has 2 bridgehead atoms. The van der Waals surface area contributed by atoms with Crippen LogP contribution >= 0.6 is 0 Å². The molecule has 2 nitrogen and oxygen atoms in total. The molecule has 0 spiro atoms. The Balaban J connectivity index is 0.000000405. The molecule has 48 valence electrons. The van der Waals surface area contributed by atoms with Crippen LogP contribution in [0.1, 0.15) is 0 Å². The molecule has 0 radical (unpaired) electrons. The fourth-order valence-corrected chi connectivity index (χ4v) is 1.52. The third-order valence-corrected chi connectivity index (χ3v) is 2.20. The van der Waals surface area contributed by atoms with Gasteiger partial charge in [-0.25, -0.2) is 0 Å². The molecule has 3 heterocycles. The second kappa shape index (κ2) is 3.35. The van der Waals surface area contributed by atoms with Crippen molar-refractivity contribution < 1.29 is 0 Å². The van der Waals surface area contributed by atoms with E-state index in [1.54, 1.807) is 0 Å². The van der Waals surface area contributed by atoms with Crippen molar-refractivity contribution in [2.45, 2.75) is 0 Å². The van der Waals surface area contributed by atoms with Crippen molar-refractivity contribution in [2.24, 2.45) is 0 Å². The first kappa shape index (κ1) is 8.02. The average molecular weight is 136 g/mol. The summed E-state index contributed by atoms with van der Waals surface area (Å²) in [5.41, 5.74) is 0. The quantitative estimate of drug-likeness (QED) is 0.393. The van der Waals surface area contributed by atoms with Gasteiger partial charge in [-0.05, 0) is 0 Å². The maximum atomic E-state index is 2.54. The summed E-state index contributed by atoms with van der Waals surface area (Å²) < 4.78 is 0. The van der Waals surface area contributed by atoms with Crippen LogP contribution in [-0.4, -0.2) is 78.6 Å². The summed E-state index contributed by atoms with van der Waals surface area (Å²) in [7, 11) is 0. The van der Waals surface area contributed by atoms with Crippen LogP contribution in [0.5, 0.6) is 0 Å². The summed E-state index contributed by atoms with van der Waals surface area (Å²) in [6.07, 6.45) is 0. The standard InChI is InChI=1S/C6H12N2.Na.H/c1-2-8-5-3-7(1)4-6-8;;/h1-6H2;;. The number of piperazine rings is 3. The van der Waals surface area contributed by atoms with Crippen LogP contribution in [0.3, 0.4) is 0 Å². The summed E-state index contributed by atoms with van der Waals surface area (Å²) in [6, 6.07) is 0. The van der Waals surface area contributed by atoms with Gasteiger partial charge in [-0.2, -0.15) is 0 Å². The molecule has 0 aromatic heterocycles. The normalized spacial score (nSPS) is 40.0. The van der Waals surface area contributed by atoms with Crippen molar-refractivity contribution in [2.75, 3.05) is 39.3 Å². The summed E-state index contributed by atoms with van der Waals surface area (Å²) in [4.78, 5) is 5.08. The predicted molar refractivity (Wildman–Crippen MR) is 40.0 cm³/mol. The second-order valence-electron chi connectivity index (χ2n) is 2.68. The van der Waals surface area contributed by atoms with Gasteiger partial charge in [0.25, 0.3) is 0 Å². The number of fused-ring (bicyclic) bond motifs is 3. The molecule has 0 aromatic carbocycles. The molecule has 0 aromatic rings. The number of hydrogen-bond donors (Lipinski definition) is 0. The van der Waals surface area contributed by atoms with Crippen molar-refractivity contribution in [3.05, 3.63) is 0 Å². The fourth-order valence-electron chi connectivity index (χ4n) is 1.52. The monoisotopic (exact) mass is 136 g/mol. The molecule has 0 atom stereocenters. The Bertz CT molecular complexity index is 66.0. The average Bonchev–Trinajstić information content (AvgIpc) is 1.92. The van der Waals surface area contributed by atoms with Crippen LogP contribution in [0.15, 0.2) is 0 Å². The van der Waals surface area contributed by atoms with Gasteiger partial charge in [0.15, 0.2) is 0 Å². The van der Waals surface area contributed by atoms with Gasteiger partial charge in [-0.3, -0.25) is 9.80 Å². The Morgan fingerprint density at radius 3 is 0.889 bits per heavy atom. The van der Waals surface area contributed by atoms with Gasteiger partial charge in [0.1, 0.15) is 0 Å². The summed E-state index contributed by atoms with van der Waals surface area (Å²) in [5.74, 6) is 0. The SMILES string of the molecule is C1CN2CCN1CC2.[NaH]. The first-order valence-electron chi connectivity index (χ1n) is 3.40. The van der Waals surface area contributed by atoms with E-state index in [4.69, 9.17) is 0 Å². The molecule has 9 heavy (non-hydrogen) atoms. The van der Waals surface area contributed by atoms with Crippen LogP contribution in [0.25, 0.3) is 0 Å². The van der Waals surface area contributed by atoms with Crippen molar-refractivity contribution in [3.63, 3.8) is 0 Å². The third kappa shape index (κ3) is 1.69. The Labute approximate surface area is 78.5 Å². The zero-order chi connectivity index (χ0) is 5.40. The van der Waals surface area contributed by atoms with Gasteiger partial charge >= 0.3 is 29.6 Å². The van der Waals surface area contributed by atoms with Crippen molar-refractivity contribution in [1.29, 1.82) is 0 Å². The van der Waals surface area contributed by atoms with E-state index in [-0.39, 0.29) is 29.6 Å². The van der Waals surface area contributed by atoms with E-state index in [9.17, 15) is 0 Å². The van der Waals surface area contributed by atoms with E-state index in [1.165, 1.54) is 39.3 Å². The molecule has 3 heteroatoms. The van der Waals surface area contributed by atoms with Crippen molar-refractivity contribution in [1.82, 2.24) is 9.80 Å². The molecule has 3 rings (SSSR count). The van der Waals surface area contributed by atoms with Gasteiger partial charge < -0.3 is 0 Å². The molecule has 3 aliphatic rings. The molecule has 0 unspecified atom stereocenters. The Kier molecular flexibility index (Phi) is 2.99. The number of rotatable bonds is 0. The summed E-state index contributed by atoms with van der Waals surface area (Å²) in [6.45, 7) is 7.92. The molecule has 3 saturated heterocycles. The molecular formula is C6H13N2Na. The molecule has 0 saturated carbocycles. The van der Waals surface area contributed by atoms with Crippen molar-refractivity contribution in [3.8, 4) is 0 Å². The second-order valence-corrected chi connectivity index (χ2v) is 2.68. The van der Waals surface area contributed by atoms with Gasteiger partial charge in [-0.15, -0.1) is 0 Å². The first-order chi connectivity index (χ1) is 3.95. The van der Waals surface area contributed by atoms with Crippen LogP contribution in [0, 0.1) is 0 Å². The Hall–Kier alpha value is 0.920. The molecule has 3 aliphatic heterocycles. The van der Waals surface area contributed by atoms with Crippen LogP contribution < -0.4 is 0 Å². The molecule has 3 fully saturated rings. The number of nitrogens with zero attached hydrogens (tertiary/aromatic N) is 2. The van der Waals surface area contributed by atoms with Gasteiger partial charge in [0, 0.05) is 39.3 Å². The van der Waals surface area contributed by atoms with Crippen LogP contribution in [-0.2, 0) is 0 Å². The van der Waals surface area contributed by atoms with E-state index in [0.717, 1.165) is 0 Å². The van der Waals surface area contributed by atoms with E-state index < -0.39 is 0 Å². The minimum absolute atomic E-state index is 0. The summed E-state index contributed by atoms with van der Waals surface area (Å²) in [5, 5.41) is 0. The minimum atomic E-state index is 0. The van der Waals surface area contributed by atoms with E-state index in [2.05, 4.69) is 9.80 Å². The third-order valence-electron chi connectivity index (χ3n) is 2.20. The molecule has 0 N–H and O–H groups in total. The predicted octanol–water partition coefficient (Wildman–Crippen LogP) is -1.03. The molecular weight excluding hydrogens is 123 g/mol. The zero-order valence-electron chi connectivity index (χ0n) is 5.14. The fraction of sp³-hybridized carbons (Fsp3) is 1.00. The van der Waals surface area contributed by atoms with Gasteiger partial charge in [-0.1, -0.05) is 0 Å². The van der Waals surface area contributed by atoms with E-state index in [0.29, 0.717) is 0 Å². The van der Waals surface area contributed by atoms with Gasteiger partial charge in [0.2, 0.25) is 0 Å². The molecule has 0 aliphatic carbocycles. The summed E-state index contributed by atoms with van der Waals surface area (Å²) >= 11 is 0. The topological polar surface area (TPSA) is 6.48 Å². The maximum absolute atomic E-state index is 2.54. The Morgan fingerprint density at radius 1 is 0.556 bits per heavy atom. The van der Waals surface area contributed by atoms with Crippen molar-refractivity contribution >= 4 is 29.6 Å². The zero-order valence-corrected chi connectivity index (χ0v) is 5.14. The van der Waals surface area contributed by atoms with Gasteiger partial charge in [0.05, 0.1) is 0 Å². The number of hydrogen-bond acceptors (Lipinski definition) is 2. The Morgan fingerprint density at radius 2 is 0.778 bits per heavy atom.